The molecule has 0 saturated carbocycles. The van der Waals surface area contributed by atoms with Crippen LogP contribution in [0, 0.1) is 5.82 Å². The third-order valence-corrected chi connectivity index (χ3v) is 3.75. The second-order valence-electron chi connectivity index (χ2n) is 5.66. The van der Waals surface area contributed by atoms with E-state index in [1.165, 1.54) is 47.6 Å². The van der Waals surface area contributed by atoms with Gasteiger partial charge in [-0.25, -0.2) is 4.39 Å². The lowest BCUT2D eigenvalue weighted by molar-refractivity contribution is -0.141. The van der Waals surface area contributed by atoms with Gasteiger partial charge in [-0.2, -0.15) is 13.2 Å². The zero-order valence-electron chi connectivity index (χ0n) is 13.8. The van der Waals surface area contributed by atoms with Crippen molar-refractivity contribution in [3.8, 4) is 0 Å². The number of nitrogens with zero attached hydrogens (tertiary/aromatic N) is 3. The number of alkyl halides is 3. The number of pyridine rings is 2. The van der Waals surface area contributed by atoms with Gasteiger partial charge in [0.15, 0.2) is 0 Å². The molecule has 0 aliphatic rings. The summed E-state index contributed by atoms with van der Waals surface area (Å²) in [5.74, 6) is -0.890. The molecule has 2 aromatic heterocycles. The van der Waals surface area contributed by atoms with Crippen molar-refractivity contribution in [3.63, 3.8) is 0 Å². The molecule has 0 fully saturated rings. The molecule has 138 valence electrons. The van der Waals surface area contributed by atoms with Gasteiger partial charge in [0.2, 0.25) is 0 Å². The first-order valence-corrected chi connectivity index (χ1v) is 7.84. The van der Waals surface area contributed by atoms with E-state index in [1.807, 2.05) is 0 Å². The monoisotopic (exact) mass is 375 g/mol. The van der Waals surface area contributed by atoms with Crippen molar-refractivity contribution >= 4 is 11.6 Å². The number of carbonyl (C=O) groups excluding carboxylic acids is 1. The van der Waals surface area contributed by atoms with Gasteiger partial charge in [0, 0.05) is 24.3 Å². The van der Waals surface area contributed by atoms with E-state index in [0.29, 0.717) is 16.8 Å². The summed E-state index contributed by atoms with van der Waals surface area (Å²) in [5, 5.41) is 0. The summed E-state index contributed by atoms with van der Waals surface area (Å²) in [6.45, 7) is -0.0372. The maximum absolute atomic E-state index is 13.2. The second-order valence-corrected chi connectivity index (χ2v) is 5.66. The predicted octanol–water partition coefficient (Wildman–Crippen LogP) is 4.48. The standard InChI is InChI=1S/C19H13F4N3O/c20-15-4-6-16(7-5-15)26(18(27)14-2-1-9-24-11-14)12-13-3-8-17(25-10-13)19(21,22)23/h1-11H,12H2. The highest BCUT2D eigenvalue weighted by atomic mass is 19.4. The van der Waals surface area contributed by atoms with Crippen molar-refractivity contribution in [2.24, 2.45) is 0 Å². The number of benzene rings is 1. The van der Waals surface area contributed by atoms with Crippen molar-refractivity contribution in [1.82, 2.24) is 9.97 Å². The van der Waals surface area contributed by atoms with Crippen molar-refractivity contribution in [3.05, 3.63) is 89.8 Å². The van der Waals surface area contributed by atoms with Crippen LogP contribution in [0.2, 0.25) is 0 Å². The minimum absolute atomic E-state index is 0.0372. The Bertz CT molecular complexity index is 910. The molecule has 2 heterocycles. The van der Waals surface area contributed by atoms with Crippen LogP contribution >= 0.6 is 0 Å². The van der Waals surface area contributed by atoms with E-state index >= 15 is 0 Å². The molecule has 0 spiro atoms. The largest absolute Gasteiger partial charge is 0.433 e. The fraction of sp³-hybridized carbons (Fsp3) is 0.105. The van der Waals surface area contributed by atoms with Gasteiger partial charge in [-0.15, -0.1) is 0 Å². The first kappa shape index (κ1) is 18.5. The average molecular weight is 375 g/mol. The van der Waals surface area contributed by atoms with E-state index in [0.717, 1.165) is 12.3 Å². The number of hydrogen-bond acceptors (Lipinski definition) is 3. The molecule has 27 heavy (non-hydrogen) atoms. The average Bonchev–Trinajstić information content (AvgIpc) is 2.67. The van der Waals surface area contributed by atoms with Crippen LogP contribution in [-0.2, 0) is 12.7 Å². The molecule has 1 amide bonds. The quantitative estimate of drug-likeness (QED) is 0.632. The highest BCUT2D eigenvalue weighted by Crippen LogP contribution is 2.28. The molecule has 0 N–H and O–H groups in total. The molecule has 0 saturated heterocycles. The Labute approximate surface area is 152 Å². The van der Waals surface area contributed by atoms with Crippen molar-refractivity contribution < 1.29 is 22.4 Å². The first-order chi connectivity index (χ1) is 12.8. The summed E-state index contributed by atoms with van der Waals surface area (Å²) in [5.41, 5.74) is 0.0644. The SMILES string of the molecule is O=C(c1cccnc1)N(Cc1ccc(C(F)(F)F)nc1)c1ccc(F)cc1. The van der Waals surface area contributed by atoms with Gasteiger partial charge in [-0.05, 0) is 48.0 Å². The summed E-state index contributed by atoms with van der Waals surface area (Å²) >= 11 is 0. The molecular weight excluding hydrogens is 362 g/mol. The van der Waals surface area contributed by atoms with E-state index in [1.54, 1.807) is 12.1 Å². The van der Waals surface area contributed by atoms with Crippen LogP contribution in [0.3, 0.4) is 0 Å². The van der Waals surface area contributed by atoms with Crippen LogP contribution in [0.5, 0.6) is 0 Å². The minimum atomic E-state index is -4.54. The fourth-order valence-corrected chi connectivity index (χ4v) is 2.41. The Hall–Kier alpha value is -3.29. The van der Waals surface area contributed by atoms with Gasteiger partial charge in [0.25, 0.3) is 5.91 Å². The smallest absolute Gasteiger partial charge is 0.304 e. The van der Waals surface area contributed by atoms with E-state index in [4.69, 9.17) is 0 Å². The third kappa shape index (κ3) is 4.46. The normalized spacial score (nSPS) is 11.3. The number of rotatable bonds is 4. The molecule has 0 atom stereocenters. The van der Waals surface area contributed by atoms with E-state index < -0.39 is 23.6 Å². The van der Waals surface area contributed by atoms with Crippen molar-refractivity contribution in [2.45, 2.75) is 12.7 Å². The molecule has 0 aliphatic heterocycles. The fourth-order valence-electron chi connectivity index (χ4n) is 2.41. The lowest BCUT2D eigenvalue weighted by Crippen LogP contribution is -2.30. The highest BCUT2D eigenvalue weighted by molar-refractivity contribution is 6.05. The summed E-state index contributed by atoms with van der Waals surface area (Å²) in [4.78, 5) is 21.5. The van der Waals surface area contributed by atoms with Gasteiger partial charge in [-0.3, -0.25) is 14.8 Å². The highest BCUT2D eigenvalue weighted by Gasteiger charge is 2.32. The van der Waals surface area contributed by atoms with Crippen LogP contribution in [0.25, 0.3) is 0 Å². The van der Waals surface area contributed by atoms with Crippen LogP contribution in [0.1, 0.15) is 21.6 Å². The molecule has 0 aliphatic carbocycles. The van der Waals surface area contributed by atoms with Crippen LogP contribution in [0.15, 0.2) is 67.1 Å². The lowest BCUT2D eigenvalue weighted by Gasteiger charge is -2.23. The van der Waals surface area contributed by atoms with E-state index in [9.17, 15) is 22.4 Å². The zero-order valence-corrected chi connectivity index (χ0v) is 13.8. The zero-order chi connectivity index (χ0) is 19.4. The van der Waals surface area contributed by atoms with Gasteiger partial charge >= 0.3 is 6.18 Å². The number of aromatic nitrogens is 2. The summed E-state index contributed by atoms with van der Waals surface area (Å²) < 4.78 is 51.2. The van der Waals surface area contributed by atoms with E-state index in [2.05, 4.69) is 9.97 Å². The number of hydrogen-bond donors (Lipinski definition) is 0. The minimum Gasteiger partial charge on any atom is -0.304 e. The second kappa shape index (κ2) is 7.53. The summed E-state index contributed by atoms with van der Waals surface area (Å²) in [6.07, 6.45) is -0.584. The van der Waals surface area contributed by atoms with Gasteiger partial charge in [-0.1, -0.05) is 6.07 Å². The number of halogens is 4. The Balaban J connectivity index is 1.92. The molecule has 3 rings (SSSR count). The lowest BCUT2D eigenvalue weighted by atomic mass is 10.1. The van der Waals surface area contributed by atoms with Crippen molar-refractivity contribution in [2.75, 3.05) is 4.90 Å². The number of amides is 1. The Morgan fingerprint density at radius 1 is 1.00 bits per heavy atom. The number of anilines is 1. The molecule has 0 unspecified atom stereocenters. The Kier molecular flexibility index (Phi) is 5.16. The van der Waals surface area contributed by atoms with Crippen LogP contribution in [-0.4, -0.2) is 15.9 Å². The maximum atomic E-state index is 13.2. The Morgan fingerprint density at radius 2 is 1.74 bits per heavy atom. The molecule has 8 heteroatoms. The van der Waals surface area contributed by atoms with Crippen LogP contribution < -0.4 is 4.90 Å². The Morgan fingerprint density at radius 3 is 2.30 bits per heavy atom. The summed E-state index contributed by atoms with van der Waals surface area (Å²) in [6, 6.07) is 10.5. The summed E-state index contributed by atoms with van der Waals surface area (Å²) in [7, 11) is 0. The van der Waals surface area contributed by atoms with Gasteiger partial charge < -0.3 is 4.90 Å². The molecule has 3 aromatic rings. The topological polar surface area (TPSA) is 46.1 Å². The van der Waals surface area contributed by atoms with E-state index in [-0.39, 0.29) is 6.54 Å². The molecule has 0 bridgehead atoms. The van der Waals surface area contributed by atoms with Crippen LogP contribution in [0.4, 0.5) is 23.2 Å². The molecule has 0 radical (unpaired) electrons. The number of carbonyl (C=O) groups is 1. The van der Waals surface area contributed by atoms with Gasteiger partial charge in [0.1, 0.15) is 11.5 Å². The predicted molar refractivity (Wildman–Crippen MR) is 90.4 cm³/mol. The molecule has 1 aromatic carbocycles. The van der Waals surface area contributed by atoms with Gasteiger partial charge in [0.05, 0.1) is 12.1 Å². The maximum Gasteiger partial charge on any atom is 0.433 e. The first-order valence-electron chi connectivity index (χ1n) is 7.84. The molecular formula is C19H13F4N3O. The molecule has 4 nitrogen and oxygen atoms in total. The third-order valence-electron chi connectivity index (χ3n) is 3.75. The van der Waals surface area contributed by atoms with Crippen molar-refractivity contribution in [1.29, 1.82) is 0 Å².